The molecule has 0 bridgehead atoms. The first kappa shape index (κ1) is 43.2. The molecule has 2 saturated heterocycles. The first-order valence-electron chi connectivity index (χ1n) is 17.4. The molecular weight excluding hydrogens is 825 g/mol. The minimum atomic E-state index is -4.22. The summed E-state index contributed by atoms with van der Waals surface area (Å²) in [5, 5.41) is 78.4. The van der Waals surface area contributed by atoms with Gasteiger partial charge >= 0.3 is 25.7 Å². The Morgan fingerprint density at radius 1 is 0.950 bits per heavy atom. The summed E-state index contributed by atoms with van der Waals surface area (Å²) < 4.78 is 38.3. The number of phosphoric ester groups is 1. The number of ether oxygens (including phenoxy) is 3. The predicted octanol–water partition coefficient (Wildman–Crippen LogP) is -0.495. The van der Waals surface area contributed by atoms with Crippen molar-refractivity contribution in [1.29, 1.82) is 0 Å². The average Bonchev–Trinajstić information content (AvgIpc) is 3.73. The molecule has 4 aromatic rings. The number of aromatic nitrogens is 4. The van der Waals surface area contributed by atoms with Crippen LogP contribution in [0.15, 0.2) is 59.7 Å². The number of rotatable bonds is 8. The van der Waals surface area contributed by atoms with Crippen molar-refractivity contribution in [3.05, 3.63) is 76.4 Å². The van der Waals surface area contributed by atoms with Gasteiger partial charge in [0.05, 0.1) is 19.0 Å². The molecule has 25 heteroatoms. The van der Waals surface area contributed by atoms with E-state index in [0.29, 0.717) is 11.1 Å². The van der Waals surface area contributed by atoms with Gasteiger partial charge in [-0.1, -0.05) is 12.1 Å². The van der Waals surface area contributed by atoms with Gasteiger partial charge in [0.15, 0.2) is 52.1 Å². The molecule has 9 atom stereocenters. The molecule has 2 aliphatic heterocycles. The quantitative estimate of drug-likeness (QED) is 0.0460. The molecular formula is C35H36N5O19P. The van der Waals surface area contributed by atoms with E-state index >= 15 is 0 Å². The van der Waals surface area contributed by atoms with Crippen molar-refractivity contribution in [2.45, 2.75) is 61.3 Å². The number of nitrogens with two attached hydrogens (primary N) is 1. The summed E-state index contributed by atoms with van der Waals surface area (Å²) in [7, 11) is -4.22. The molecule has 0 amide bonds. The first-order valence-corrected chi connectivity index (χ1v) is 18.9. The maximum Gasteiger partial charge on any atom is 0.472 e. The van der Waals surface area contributed by atoms with E-state index in [0.717, 1.165) is 18.2 Å². The smallest absolute Gasteiger partial charge is 0.472 e. The summed E-state index contributed by atoms with van der Waals surface area (Å²) in [5.41, 5.74) is 3.29. The van der Waals surface area contributed by atoms with Gasteiger partial charge in [-0.2, -0.15) is 4.98 Å². The summed E-state index contributed by atoms with van der Waals surface area (Å²) in [5.74, 6) is -5.41. The zero-order valence-electron chi connectivity index (χ0n) is 30.5. The number of aromatic hydroxyl groups is 4. The number of carbonyl (C=O) groups excluding carboxylic acids is 2. The summed E-state index contributed by atoms with van der Waals surface area (Å²) in [4.78, 5) is 67.6. The van der Waals surface area contributed by atoms with E-state index < -0.39 is 104 Å². The molecule has 1 aliphatic carbocycles. The third-order valence-corrected chi connectivity index (χ3v) is 10.2. The number of imidazole rings is 1. The van der Waals surface area contributed by atoms with Crippen LogP contribution in [-0.4, -0.2) is 132 Å². The van der Waals surface area contributed by atoms with Crippen molar-refractivity contribution in [3.63, 3.8) is 0 Å². The fourth-order valence-electron chi connectivity index (χ4n) is 6.35. The van der Waals surface area contributed by atoms with Crippen LogP contribution in [0.5, 0.6) is 23.0 Å². The van der Waals surface area contributed by atoms with E-state index in [4.69, 9.17) is 24.5 Å². The summed E-state index contributed by atoms with van der Waals surface area (Å²) in [6.07, 6.45) is -4.71. The average molecular weight is 862 g/mol. The largest absolute Gasteiger partial charge is 0.504 e. The molecule has 60 heavy (non-hydrogen) atoms. The molecule has 7 rings (SSSR count). The van der Waals surface area contributed by atoms with Crippen molar-refractivity contribution < 1.29 is 88.0 Å². The number of phosphoric acid groups is 1. The molecule has 3 aliphatic rings. The molecule has 12 N–H and O–H groups in total. The number of hydrogen-bond donors (Lipinski definition) is 11. The molecule has 4 heterocycles. The third kappa shape index (κ3) is 9.56. The number of nitrogens with one attached hydrogen (secondary N) is 1. The minimum Gasteiger partial charge on any atom is -0.504 e. The first-order chi connectivity index (χ1) is 28.2. The number of esters is 2. The van der Waals surface area contributed by atoms with Gasteiger partial charge in [0.25, 0.3) is 5.56 Å². The number of phenolic OH excluding ortho intramolecular Hbond substituents is 4. The Bertz CT molecular complexity index is 2470. The zero-order valence-corrected chi connectivity index (χ0v) is 31.4. The highest BCUT2D eigenvalue weighted by Gasteiger charge is 2.54. The molecule has 1 saturated carbocycles. The molecule has 3 fully saturated rings. The lowest BCUT2D eigenvalue weighted by Crippen LogP contribution is -2.58. The van der Waals surface area contributed by atoms with Crippen LogP contribution in [0.2, 0.25) is 0 Å². The van der Waals surface area contributed by atoms with Gasteiger partial charge in [0, 0.05) is 25.0 Å². The van der Waals surface area contributed by atoms with E-state index in [9.17, 15) is 69.5 Å². The monoisotopic (exact) mass is 861 g/mol. The van der Waals surface area contributed by atoms with Crippen LogP contribution in [0, 0.1) is 0 Å². The zero-order chi connectivity index (χ0) is 43.7. The van der Waals surface area contributed by atoms with E-state index in [2.05, 4.69) is 19.5 Å². The van der Waals surface area contributed by atoms with Crippen molar-refractivity contribution in [2.75, 3.05) is 12.3 Å². The number of anilines is 1. The topological polar surface area (TPSA) is 386 Å². The number of aliphatic hydroxyl groups excluding tert-OH is 2. The number of aliphatic carboxylic acids is 1. The SMILES string of the molecule is Nc1nc2c(ncn2[C@@H]2O[C@@H]3COP(=O)(O)O[C@H]3[C@H]2O)c(=O)[nH]1.O=C(/C=C/c1ccc(O)c(O)c1)O[C@@H]1[C@H](O)C[C@@](O)(C(=O)O)C[C@H]1OC(=O)/C=C/c1ccc(O)c(O)c1. The third-order valence-electron chi connectivity index (χ3n) is 9.26. The van der Waals surface area contributed by atoms with Crippen molar-refractivity contribution in [1.82, 2.24) is 19.5 Å². The standard InChI is InChI=1S/C25H24O12.C10H12N5O7P/c26-15-5-1-13(9-17(15)28)3-7-21(31)36-20-12-25(35,24(33)34)11-19(30)23(20)37-22(32)8-4-14-2-6-16(27)18(29)10-14;11-10-13-7-4(8(17)14-10)12-2-15(7)9-5(16)6-3(21-9)1-20-23(18,19)22-6/h1-10,19-20,23,26-30,35H,11-12H2,(H,33,34);2-3,5-6,9,16H,1H2,(H,18,19)(H3,11,13,14,17)/b7-3+,8-4+;/t19-,20-,23-,25+;3-,5-,6-,9-/m11/s1. The second-order valence-electron chi connectivity index (χ2n) is 13.5. The van der Waals surface area contributed by atoms with E-state index in [1.165, 1.54) is 53.4 Å². The number of benzene rings is 2. The predicted molar refractivity (Wildman–Crippen MR) is 198 cm³/mol. The van der Waals surface area contributed by atoms with E-state index in [1.807, 2.05) is 0 Å². The number of hydrogen-bond acceptors (Lipinski definition) is 20. The van der Waals surface area contributed by atoms with Gasteiger partial charge in [-0.3, -0.25) is 23.4 Å². The second kappa shape index (κ2) is 17.1. The lowest BCUT2D eigenvalue weighted by Gasteiger charge is -2.40. The Morgan fingerprint density at radius 3 is 2.13 bits per heavy atom. The van der Waals surface area contributed by atoms with Gasteiger partial charge < -0.3 is 65.7 Å². The van der Waals surface area contributed by atoms with Crippen LogP contribution < -0.4 is 11.3 Å². The van der Waals surface area contributed by atoms with Crippen LogP contribution in [0.1, 0.15) is 30.2 Å². The maximum atomic E-state index is 12.4. The van der Waals surface area contributed by atoms with E-state index in [-0.39, 0.29) is 35.2 Å². The number of aliphatic hydroxyl groups is 3. The second-order valence-corrected chi connectivity index (χ2v) is 14.9. The maximum absolute atomic E-state index is 12.4. The Morgan fingerprint density at radius 2 is 1.55 bits per heavy atom. The Balaban J connectivity index is 0.000000223. The molecule has 24 nitrogen and oxygen atoms in total. The number of nitrogens with zero attached hydrogens (tertiary/aromatic N) is 3. The molecule has 320 valence electrons. The number of nitrogen functional groups attached to an aromatic ring is 1. The highest BCUT2D eigenvalue weighted by Crippen LogP contribution is 2.52. The Hall–Kier alpha value is -6.37. The Kier molecular flexibility index (Phi) is 12.3. The summed E-state index contributed by atoms with van der Waals surface area (Å²) in [6.45, 7) is -0.214. The highest BCUT2D eigenvalue weighted by molar-refractivity contribution is 7.47. The van der Waals surface area contributed by atoms with Gasteiger partial charge in [0.2, 0.25) is 5.95 Å². The minimum absolute atomic E-state index is 0.0230. The number of carbonyl (C=O) groups is 3. The van der Waals surface area contributed by atoms with Crippen LogP contribution in [0.25, 0.3) is 23.3 Å². The van der Waals surface area contributed by atoms with Gasteiger partial charge in [-0.15, -0.1) is 0 Å². The number of phenols is 4. The molecule has 1 unspecified atom stereocenters. The number of H-pyrrole nitrogens is 1. The number of fused-ring (bicyclic) bond motifs is 2. The molecule has 0 radical (unpaired) electrons. The molecule has 2 aromatic heterocycles. The fourth-order valence-corrected chi connectivity index (χ4v) is 7.32. The normalized spacial score (nSPS) is 28.8. The number of aromatic amines is 1. The number of carboxylic acid groups (broad SMARTS) is 1. The van der Waals surface area contributed by atoms with Crippen molar-refractivity contribution >= 4 is 55.0 Å². The Labute approximate surface area is 335 Å². The highest BCUT2D eigenvalue weighted by atomic mass is 31.2. The van der Waals surface area contributed by atoms with Crippen LogP contribution in [0.4, 0.5) is 5.95 Å². The summed E-state index contributed by atoms with van der Waals surface area (Å²) >= 11 is 0. The van der Waals surface area contributed by atoms with Crippen molar-refractivity contribution in [2.24, 2.45) is 0 Å². The lowest BCUT2D eigenvalue weighted by atomic mass is 9.79. The van der Waals surface area contributed by atoms with E-state index in [1.54, 1.807) is 0 Å². The number of carboxylic acids is 1. The lowest BCUT2D eigenvalue weighted by molar-refractivity contribution is -0.204. The van der Waals surface area contributed by atoms with Gasteiger partial charge in [0.1, 0.15) is 24.4 Å². The molecule has 2 aromatic carbocycles. The van der Waals surface area contributed by atoms with Gasteiger partial charge in [-0.05, 0) is 47.5 Å². The van der Waals surface area contributed by atoms with Crippen LogP contribution >= 0.6 is 7.82 Å². The van der Waals surface area contributed by atoms with Crippen LogP contribution in [0.3, 0.4) is 0 Å². The molecule has 0 spiro atoms. The summed E-state index contributed by atoms with van der Waals surface area (Å²) in [6, 6.07) is 7.50. The van der Waals surface area contributed by atoms with Crippen molar-refractivity contribution in [3.8, 4) is 23.0 Å². The van der Waals surface area contributed by atoms with Crippen LogP contribution in [-0.2, 0) is 42.2 Å². The van der Waals surface area contributed by atoms with Gasteiger partial charge in [-0.25, -0.2) is 23.9 Å². The fraction of sp³-hybridized carbons (Fsp3) is 0.314.